The summed E-state index contributed by atoms with van der Waals surface area (Å²) < 4.78 is 5.19. The lowest BCUT2D eigenvalue weighted by Gasteiger charge is -1.97. The number of rotatable bonds is 5. The van der Waals surface area contributed by atoms with Crippen LogP contribution in [0.1, 0.15) is 18.7 Å². The van der Waals surface area contributed by atoms with Crippen LogP contribution in [0.5, 0.6) is 0 Å². The van der Waals surface area contributed by atoms with Crippen LogP contribution in [-0.2, 0) is 6.54 Å². The fourth-order valence-electron chi connectivity index (χ4n) is 1.78. The Kier molecular flexibility index (Phi) is 4.80. The van der Waals surface area contributed by atoms with Crippen molar-refractivity contribution < 1.29 is 4.52 Å². The topological polar surface area (TPSA) is 51.0 Å². The van der Waals surface area contributed by atoms with Crippen molar-refractivity contribution in [2.45, 2.75) is 19.4 Å². The van der Waals surface area contributed by atoms with E-state index >= 15 is 0 Å². The van der Waals surface area contributed by atoms with Gasteiger partial charge in [0.25, 0.3) is 0 Å². The van der Waals surface area contributed by atoms with Gasteiger partial charge >= 0.3 is 0 Å². The first-order valence-corrected chi connectivity index (χ1v) is 6.48. The fourth-order valence-corrected chi connectivity index (χ4v) is 1.97. The van der Waals surface area contributed by atoms with E-state index in [0.29, 0.717) is 23.3 Å². The predicted octanol–water partition coefficient (Wildman–Crippen LogP) is 3.31. The summed E-state index contributed by atoms with van der Waals surface area (Å²) >= 11 is 5.93. The predicted molar refractivity (Wildman–Crippen MR) is 76.4 cm³/mol. The van der Waals surface area contributed by atoms with Gasteiger partial charge in [-0.25, -0.2) is 0 Å². The molecule has 0 atom stereocenters. The molecule has 1 heterocycles. The highest BCUT2D eigenvalue weighted by molar-refractivity contribution is 6.30. The molecule has 1 N–H and O–H groups in total. The summed E-state index contributed by atoms with van der Waals surface area (Å²) in [7, 11) is 0. The van der Waals surface area contributed by atoms with Crippen molar-refractivity contribution in [3.63, 3.8) is 0 Å². The number of hydrogen-bond acceptors (Lipinski definition) is 4. The third-order valence-corrected chi connectivity index (χ3v) is 3.19. The summed E-state index contributed by atoms with van der Waals surface area (Å²) in [4.78, 5) is 4.34. The number of nitrogens with one attached hydrogen (secondary N) is 1. The standard InChI is InChI=1S/C13H14ClN3O.ClH/c14-11-3-1-2-10(6-11)13-16-12(18-17-13)8-15-7-9-4-5-9;/h1-3,6,9,15H,4-5,7-8H2;1H. The zero-order valence-corrected chi connectivity index (χ0v) is 11.9. The summed E-state index contributed by atoms with van der Waals surface area (Å²) in [6.45, 7) is 1.67. The molecule has 1 fully saturated rings. The normalized spacial score (nSPS) is 14.2. The van der Waals surface area contributed by atoms with Gasteiger partial charge in [0.1, 0.15) is 0 Å². The SMILES string of the molecule is Cl.Clc1cccc(-c2noc(CNCC3CC3)n2)c1. The Balaban J connectivity index is 0.00000133. The molecule has 3 rings (SSSR count). The third kappa shape index (κ3) is 3.93. The van der Waals surface area contributed by atoms with E-state index in [4.69, 9.17) is 16.1 Å². The Morgan fingerprint density at radius 2 is 2.21 bits per heavy atom. The van der Waals surface area contributed by atoms with E-state index in [1.54, 1.807) is 0 Å². The summed E-state index contributed by atoms with van der Waals surface area (Å²) in [5.74, 6) is 2.05. The lowest BCUT2D eigenvalue weighted by atomic mass is 10.2. The molecule has 0 aliphatic heterocycles. The van der Waals surface area contributed by atoms with Gasteiger partial charge in [-0.3, -0.25) is 0 Å². The number of halogens is 2. The molecule has 1 aliphatic carbocycles. The van der Waals surface area contributed by atoms with Crippen LogP contribution in [0, 0.1) is 5.92 Å². The van der Waals surface area contributed by atoms with E-state index in [2.05, 4.69) is 15.5 Å². The second-order valence-electron chi connectivity index (χ2n) is 4.60. The van der Waals surface area contributed by atoms with Crippen molar-refractivity contribution in [1.29, 1.82) is 0 Å². The number of nitrogens with zero attached hydrogens (tertiary/aromatic N) is 2. The Morgan fingerprint density at radius 1 is 1.37 bits per heavy atom. The van der Waals surface area contributed by atoms with Gasteiger partial charge in [0, 0.05) is 10.6 Å². The molecule has 0 saturated heterocycles. The van der Waals surface area contributed by atoms with Gasteiger partial charge in [-0.1, -0.05) is 28.9 Å². The number of aromatic nitrogens is 2. The van der Waals surface area contributed by atoms with Gasteiger partial charge in [-0.2, -0.15) is 4.98 Å². The van der Waals surface area contributed by atoms with Crippen molar-refractivity contribution in [1.82, 2.24) is 15.5 Å². The smallest absolute Gasteiger partial charge is 0.240 e. The van der Waals surface area contributed by atoms with Crippen molar-refractivity contribution in [3.05, 3.63) is 35.2 Å². The first-order valence-electron chi connectivity index (χ1n) is 6.10. The van der Waals surface area contributed by atoms with Gasteiger partial charge in [0.15, 0.2) is 0 Å². The van der Waals surface area contributed by atoms with E-state index in [9.17, 15) is 0 Å². The molecule has 102 valence electrons. The molecule has 0 spiro atoms. The summed E-state index contributed by atoms with van der Waals surface area (Å²) in [5, 5.41) is 7.95. The first-order chi connectivity index (χ1) is 8.81. The monoisotopic (exact) mass is 299 g/mol. The second-order valence-corrected chi connectivity index (χ2v) is 5.03. The molecule has 0 amide bonds. The molecule has 2 aromatic rings. The van der Waals surface area contributed by atoms with Crippen LogP contribution >= 0.6 is 24.0 Å². The van der Waals surface area contributed by atoms with Crippen LogP contribution in [0.25, 0.3) is 11.4 Å². The zero-order valence-electron chi connectivity index (χ0n) is 10.3. The Morgan fingerprint density at radius 3 is 2.95 bits per heavy atom. The maximum Gasteiger partial charge on any atom is 0.240 e. The second kappa shape index (κ2) is 6.37. The van der Waals surface area contributed by atoms with Crippen molar-refractivity contribution in [2.75, 3.05) is 6.54 Å². The summed E-state index contributed by atoms with van der Waals surface area (Å²) in [6.07, 6.45) is 2.68. The van der Waals surface area contributed by atoms with E-state index in [-0.39, 0.29) is 12.4 Å². The van der Waals surface area contributed by atoms with Crippen molar-refractivity contribution in [3.8, 4) is 11.4 Å². The van der Waals surface area contributed by atoms with Crippen LogP contribution in [0.3, 0.4) is 0 Å². The third-order valence-electron chi connectivity index (χ3n) is 2.96. The van der Waals surface area contributed by atoms with E-state index in [1.807, 2.05) is 24.3 Å². The largest absolute Gasteiger partial charge is 0.338 e. The van der Waals surface area contributed by atoms with Crippen molar-refractivity contribution >= 4 is 24.0 Å². The lowest BCUT2D eigenvalue weighted by Crippen LogP contribution is -2.16. The maximum absolute atomic E-state index is 5.93. The molecule has 1 aromatic heterocycles. The Hall–Kier alpha value is -1.10. The molecule has 1 saturated carbocycles. The number of hydrogen-bond donors (Lipinski definition) is 1. The van der Waals surface area contributed by atoms with E-state index in [0.717, 1.165) is 18.0 Å². The van der Waals surface area contributed by atoms with Crippen LogP contribution < -0.4 is 5.32 Å². The number of benzene rings is 1. The molecule has 0 bridgehead atoms. The van der Waals surface area contributed by atoms with Gasteiger partial charge < -0.3 is 9.84 Å². The van der Waals surface area contributed by atoms with E-state index in [1.165, 1.54) is 12.8 Å². The fraction of sp³-hybridized carbons (Fsp3) is 0.385. The highest BCUT2D eigenvalue weighted by Gasteiger charge is 2.20. The summed E-state index contributed by atoms with van der Waals surface area (Å²) in [5.41, 5.74) is 0.875. The molecule has 0 radical (unpaired) electrons. The zero-order chi connectivity index (χ0) is 12.4. The molecule has 0 unspecified atom stereocenters. The van der Waals surface area contributed by atoms with Crippen LogP contribution in [0.15, 0.2) is 28.8 Å². The van der Waals surface area contributed by atoms with Crippen LogP contribution in [0.4, 0.5) is 0 Å². The molecule has 6 heteroatoms. The molecular weight excluding hydrogens is 285 g/mol. The lowest BCUT2D eigenvalue weighted by molar-refractivity contribution is 0.367. The van der Waals surface area contributed by atoms with Gasteiger partial charge in [-0.15, -0.1) is 12.4 Å². The van der Waals surface area contributed by atoms with E-state index < -0.39 is 0 Å². The Bertz CT molecular complexity index is 540. The van der Waals surface area contributed by atoms with Gasteiger partial charge in [0.05, 0.1) is 6.54 Å². The quantitative estimate of drug-likeness (QED) is 0.920. The maximum atomic E-state index is 5.93. The molecule has 4 nitrogen and oxygen atoms in total. The highest BCUT2D eigenvalue weighted by atomic mass is 35.5. The van der Waals surface area contributed by atoms with Crippen LogP contribution in [0.2, 0.25) is 5.02 Å². The molecular formula is C13H15Cl2N3O. The minimum atomic E-state index is 0. The Labute approximate surface area is 122 Å². The molecule has 19 heavy (non-hydrogen) atoms. The van der Waals surface area contributed by atoms with Crippen molar-refractivity contribution in [2.24, 2.45) is 5.92 Å². The average molecular weight is 300 g/mol. The highest BCUT2D eigenvalue weighted by Crippen LogP contribution is 2.27. The van der Waals surface area contributed by atoms with Gasteiger partial charge in [-0.05, 0) is 37.4 Å². The average Bonchev–Trinajstić information content (AvgIpc) is 3.06. The molecule has 1 aliphatic rings. The molecule has 1 aromatic carbocycles. The van der Waals surface area contributed by atoms with Gasteiger partial charge in [0.2, 0.25) is 11.7 Å². The van der Waals surface area contributed by atoms with Crippen LogP contribution in [-0.4, -0.2) is 16.7 Å². The minimum Gasteiger partial charge on any atom is -0.338 e. The minimum absolute atomic E-state index is 0. The first kappa shape index (κ1) is 14.3. The summed E-state index contributed by atoms with van der Waals surface area (Å²) in [6, 6.07) is 7.44.